The van der Waals surface area contributed by atoms with Gasteiger partial charge in [-0.2, -0.15) is 0 Å². The summed E-state index contributed by atoms with van der Waals surface area (Å²) in [5, 5.41) is 39.4. The standard InChI is InChI=1S/C21H28N2O8/c1-4-7-29-14-6-5-12(8-13(14)19-22-11(3)10(2)20(28)23-19)30-21-18(27)17(26)16(25)15(9-24)31-21/h5-6,8,15-18,21,24-27H,4,7,9H2,1-3H3,(H,22,23,28). The first-order valence-electron chi connectivity index (χ1n) is 10.1. The zero-order valence-corrected chi connectivity index (χ0v) is 17.6. The van der Waals surface area contributed by atoms with Crippen molar-refractivity contribution in [2.75, 3.05) is 13.2 Å². The van der Waals surface area contributed by atoms with Crippen LogP contribution in [0.1, 0.15) is 24.6 Å². The molecule has 1 saturated heterocycles. The van der Waals surface area contributed by atoms with Crippen molar-refractivity contribution in [3.63, 3.8) is 0 Å². The third-order valence-electron chi connectivity index (χ3n) is 5.16. The number of aromatic nitrogens is 2. The quantitative estimate of drug-likeness (QED) is 0.404. The van der Waals surface area contributed by atoms with Crippen molar-refractivity contribution in [2.45, 2.75) is 57.9 Å². The number of nitrogens with zero attached hydrogens (tertiary/aromatic N) is 1. The number of benzene rings is 1. The van der Waals surface area contributed by atoms with E-state index in [1.54, 1.807) is 32.0 Å². The maximum atomic E-state index is 12.2. The van der Waals surface area contributed by atoms with Crippen LogP contribution in [-0.2, 0) is 4.74 Å². The van der Waals surface area contributed by atoms with Gasteiger partial charge in [0.25, 0.3) is 5.56 Å². The highest BCUT2D eigenvalue weighted by atomic mass is 16.7. The van der Waals surface area contributed by atoms with E-state index < -0.39 is 37.3 Å². The molecule has 1 aliphatic heterocycles. The van der Waals surface area contributed by atoms with Crippen molar-refractivity contribution in [2.24, 2.45) is 0 Å². The lowest BCUT2D eigenvalue weighted by molar-refractivity contribution is -0.277. The molecule has 0 spiro atoms. The summed E-state index contributed by atoms with van der Waals surface area (Å²) in [4.78, 5) is 19.4. The number of H-pyrrole nitrogens is 1. The molecule has 2 heterocycles. The van der Waals surface area contributed by atoms with Crippen molar-refractivity contribution >= 4 is 0 Å². The summed E-state index contributed by atoms with van der Waals surface area (Å²) in [6, 6.07) is 4.79. The topological polar surface area (TPSA) is 154 Å². The molecular formula is C21H28N2O8. The van der Waals surface area contributed by atoms with Crippen molar-refractivity contribution in [1.29, 1.82) is 0 Å². The molecule has 0 aliphatic carbocycles. The largest absolute Gasteiger partial charge is 0.493 e. The van der Waals surface area contributed by atoms with Gasteiger partial charge in [-0.3, -0.25) is 4.79 Å². The molecule has 31 heavy (non-hydrogen) atoms. The zero-order valence-electron chi connectivity index (χ0n) is 17.6. The molecular weight excluding hydrogens is 408 g/mol. The van der Waals surface area contributed by atoms with Gasteiger partial charge in [0, 0.05) is 11.3 Å². The summed E-state index contributed by atoms with van der Waals surface area (Å²) in [6.45, 7) is 5.27. The lowest BCUT2D eigenvalue weighted by atomic mass is 9.99. The van der Waals surface area contributed by atoms with Gasteiger partial charge in [-0.05, 0) is 38.5 Å². The number of aliphatic hydroxyl groups is 4. The first kappa shape index (κ1) is 23.2. The maximum Gasteiger partial charge on any atom is 0.254 e. The Kier molecular flexibility index (Phi) is 7.29. The molecule has 5 unspecified atom stereocenters. The number of aromatic amines is 1. The molecule has 170 valence electrons. The van der Waals surface area contributed by atoms with Gasteiger partial charge >= 0.3 is 0 Å². The highest BCUT2D eigenvalue weighted by molar-refractivity contribution is 5.66. The van der Waals surface area contributed by atoms with Gasteiger partial charge in [0.2, 0.25) is 6.29 Å². The van der Waals surface area contributed by atoms with E-state index in [1.165, 1.54) is 0 Å². The van der Waals surface area contributed by atoms with Crippen LogP contribution >= 0.6 is 0 Å². The molecule has 3 rings (SSSR count). The normalized spacial score (nSPS) is 26.0. The second-order valence-electron chi connectivity index (χ2n) is 7.45. The Balaban J connectivity index is 1.96. The Morgan fingerprint density at radius 3 is 2.55 bits per heavy atom. The average molecular weight is 436 g/mol. The van der Waals surface area contributed by atoms with Gasteiger partial charge < -0.3 is 39.6 Å². The second-order valence-corrected chi connectivity index (χ2v) is 7.45. The summed E-state index contributed by atoms with van der Waals surface area (Å²) in [7, 11) is 0. The Morgan fingerprint density at radius 1 is 1.16 bits per heavy atom. The van der Waals surface area contributed by atoms with Crippen molar-refractivity contribution in [1.82, 2.24) is 9.97 Å². The minimum absolute atomic E-state index is 0.240. The van der Waals surface area contributed by atoms with E-state index in [4.69, 9.17) is 14.2 Å². The van der Waals surface area contributed by atoms with Crippen LogP contribution in [0.15, 0.2) is 23.0 Å². The van der Waals surface area contributed by atoms with Crippen LogP contribution in [0.2, 0.25) is 0 Å². The highest BCUT2D eigenvalue weighted by Gasteiger charge is 2.44. The first-order chi connectivity index (χ1) is 14.8. The predicted molar refractivity (Wildman–Crippen MR) is 110 cm³/mol. The fourth-order valence-corrected chi connectivity index (χ4v) is 3.18. The molecule has 10 heteroatoms. The molecule has 0 saturated carbocycles. The minimum atomic E-state index is -1.56. The molecule has 1 aromatic carbocycles. The zero-order chi connectivity index (χ0) is 22.7. The van der Waals surface area contributed by atoms with Gasteiger partial charge in [0.15, 0.2) is 0 Å². The SMILES string of the molecule is CCCOc1ccc(OC2OC(CO)C(O)C(O)C2O)cc1-c1nc(C)c(C)c(=O)[nH]1. The monoisotopic (exact) mass is 436 g/mol. The van der Waals surface area contributed by atoms with E-state index in [0.717, 1.165) is 6.42 Å². The van der Waals surface area contributed by atoms with E-state index >= 15 is 0 Å². The van der Waals surface area contributed by atoms with E-state index in [1.807, 2.05) is 6.92 Å². The fourth-order valence-electron chi connectivity index (χ4n) is 3.18. The number of aryl methyl sites for hydroxylation is 1. The fraction of sp³-hybridized carbons (Fsp3) is 0.524. The first-order valence-corrected chi connectivity index (χ1v) is 10.1. The number of hydrogen-bond donors (Lipinski definition) is 5. The summed E-state index contributed by atoms with van der Waals surface area (Å²) in [6.07, 6.45) is -6.23. The molecule has 1 aliphatic rings. The van der Waals surface area contributed by atoms with Gasteiger partial charge in [0.1, 0.15) is 41.7 Å². The summed E-state index contributed by atoms with van der Waals surface area (Å²) >= 11 is 0. The van der Waals surface area contributed by atoms with Crippen molar-refractivity contribution in [3.05, 3.63) is 39.8 Å². The molecule has 1 fully saturated rings. The molecule has 0 amide bonds. The van der Waals surface area contributed by atoms with Gasteiger partial charge in [-0.25, -0.2) is 4.98 Å². The Bertz CT molecular complexity index is 961. The lowest BCUT2D eigenvalue weighted by Gasteiger charge is -2.39. The molecule has 5 N–H and O–H groups in total. The number of hydrogen-bond acceptors (Lipinski definition) is 9. The van der Waals surface area contributed by atoms with E-state index in [-0.39, 0.29) is 11.3 Å². The third kappa shape index (κ3) is 4.89. The number of ether oxygens (including phenoxy) is 3. The van der Waals surface area contributed by atoms with Crippen molar-refractivity contribution in [3.8, 4) is 22.9 Å². The maximum absolute atomic E-state index is 12.2. The van der Waals surface area contributed by atoms with E-state index in [2.05, 4.69) is 9.97 Å². The highest BCUT2D eigenvalue weighted by Crippen LogP contribution is 2.33. The average Bonchev–Trinajstić information content (AvgIpc) is 2.76. The Hall–Kier alpha value is -2.50. The molecule has 2 aromatic rings. The van der Waals surface area contributed by atoms with E-state index in [9.17, 15) is 25.2 Å². The Labute approximate surface area is 179 Å². The number of aliphatic hydroxyl groups excluding tert-OH is 4. The van der Waals surface area contributed by atoms with Crippen LogP contribution in [0.4, 0.5) is 0 Å². The summed E-state index contributed by atoms with van der Waals surface area (Å²) in [5.74, 6) is 1.01. The van der Waals surface area contributed by atoms with Crippen LogP contribution in [0, 0.1) is 13.8 Å². The molecule has 0 radical (unpaired) electrons. The number of nitrogens with one attached hydrogen (secondary N) is 1. The van der Waals surface area contributed by atoms with E-state index in [0.29, 0.717) is 35.0 Å². The second kappa shape index (κ2) is 9.75. The van der Waals surface area contributed by atoms with Crippen LogP contribution < -0.4 is 15.0 Å². The number of rotatable bonds is 7. The van der Waals surface area contributed by atoms with Crippen LogP contribution in [0.3, 0.4) is 0 Å². The summed E-state index contributed by atoms with van der Waals surface area (Å²) in [5.41, 5.74) is 1.27. The molecule has 1 aromatic heterocycles. The van der Waals surface area contributed by atoms with Crippen LogP contribution in [0.25, 0.3) is 11.4 Å². The molecule has 0 bridgehead atoms. The van der Waals surface area contributed by atoms with Gasteiger partial charge in [0.05, 0.1) is 18.8 Å². The molecule has 10 nitrogen and oxygen atoms in total. The third-order valence-corrected chi connectivity index (χ3v) is 5.16. The van der Waals surface area contributed by atoms with Crippen molar-refractivity contribution < 1.29 is 34.6 Å². The van der Waals surface area contributed by atoms with Gasteiger partial charge in [-0.15, -0.1) is 0 Å². The summed E-state index contributed by atoms with van der Waals surface area (Å²) < 4.78 is 16.9. The minimum Gasteiger partial charge on any atom is -0.493 e. The van der Waals surface area contributed by atoms with Gasteiger partial charge in [-0.1, -0.05) is 6.92 Å². The predicted octanol–water partition coefficient (Wildman–Crippen LogP) is 0.0212. The van der Waals surface area contributed by atoms with Crippen LogP contribution in [-0.4, -0.2) is 74.3 Å². The molecule has 5 atom stereocenters. The smallest absolute Gasteiger partial charge is 0.254 e. The lowest BCUT2D eigenvalue weighted by Crippen LogP contribution is -2.60. The van der Waals surface area contributed by atoms with Crippen LogP contribution in [0.5, 0.6) is 11.5 Å². The Morgan fingerprint density at radius 2 is 1.90 bits per heavy atom.